The zero-order valence-corrected chi connectivity index (χ0v) is 33.3. The molecule has 0 aliphatic carbocycles. The van der Waals surface area contributed by atoms with Gasteiger partial charge in [0.05, 0.1) is 12.6 Å². The van der Waals surface area contributed by atoms with Gasteiger partial charge in [-0.1, -0.05) is 50.2 Å². The van der Waals surface area contributed by atoms with E-state index in [1.807, 2.05) is 77.2 Å². The number of ether oxygens (including phenoxy) is 1. The first-order chi connectivity index (χ1) is 27.9. The molecule has 0 radical (unpaired) electrons. The van der Waals surface area contributed by atoms with E-state index in [1.54, 1.807) is 4.90 Å². The number of carbonyl (C=O) groups is 3. The van der Waals surface area contributed by atoms with Crippen molar-refractivity contribution in [3.8, 4) is 28.1 Å². The number of amides is 4. The van der Waals surface area contributed by atoms with Crippen LogP contribution in [0.2, 0.25) is 0 Å². The Morgan fingerprint density at radius 1 is 0.948 bits per heavy atom. The Morgan fingerprint density at radius 2 is 1.67 bits per heavy atom. The van der Waals surface area contributed by atoms with Gasteiger partial charge in [0.15, 0.2) is 5.65 Å². The number of carbonyl (C=O) groups excluding carboxylic acids is 3. The highest BCUT2D eigenvalue weighted by Gasteiger charge is 2.27. The Kier molecular flexibility index (Phi) is 10.4. The molecule has 14 heteroatoms. The average Bonchev–Trinajstić information content (AvgIpc) is 3.89. The number of aryl methyl sites for hydroxylation is 1. The van der Waals surface area contributed by atoms with Crippen LogP contribution < -0.4 is 25.2 Å². The molecule has 4 amide bonds. The molecule has 3 N–H and O–H groups in total. The van der Waals surface area contributed by atoms with Crippen molar-refractivity contribution in [1.29, 1.82) is 0 Å². The Balaban J connectivity index is 0.865. The summed E-state index contributed by atoms with van der Waals surface area (Å²) in [6, 6.07) is 23.7. The van der Waals surface area contributed by atoms with E-state index in [2.05, 4.69) is 72.3 Å². The largest absolute Gasteiger partial charge is 0.493 e. The number of hydrogen-bond donors (Lipinski definition) is 3. The van der Waals surface area contributed by atoms with Gasteiger partial charge in [0, 0.05) is 65.6 Å². The predicted molar refractivity (Wildman–Crippen MR) is 221 cm³/mol. The summed E-state index contributed by atoms with van der Waals surface area (Å²) in [6.07, 6.45) is 4.22. The molecule has 2 aliphatic rings. The highest BCUT2D eigenvalue weighted by molar-refractivity contribution is 6.05. The number of nitrogens with one attached hydrogen (secondary N) is 3. The number of benzene rings is 3. The molecule has 298 valence electrons. The molecule has 8 rings (SSSR count). The lowest BCUT2D eigenvalue weighted by atomic mass is 9.96. The monoisotopic (exact) mass is 781 g/mol. The van der Waals surface area contributed by atoms with Crippen molar-refractivity contribution in [1.82, 2.24) is 36.0 Å². The minimum absolute atomic E-state index is 0.0175. The highest BCUT2D eigenvalue weighted by atomic mass is 16.5. The molecule has 3 aromatic carbocycles. The smallest absolute Gasteiger partial charge is 0.328 e. The van der Waals surface area contributed by atoms with Gasteiger partial charge in [-0.3, -0.25) is 24.9 Å². The number of piperidine rings is 1. The number of aromatic amines is 1. The minimum Gasteiger partial charge on any atom is -0.493 e. The summed E-state index contributed by atoms with van der Waals surface area (Å²) in [5.41, 5.74) is 8.10. The van der Waals surface area contributed by atoms with Gasteiger partial charge < -0.3 is 19.5 Å². The number of pyridine rings is 1. The van der Waals surface area contributed by atoms with Crippen LogP contribution >= 0.6 is 0 Å². The van der Waals surface area contributed by atoms with Crippen LogP contribution in [0.25, 0.3) is 33.4 Å². The van der Waals surface area contributed by atoms with Gasteiger partial charge in [-0.15, -0.1) is 0 Å². The number of imide groups is 1. The maximum absolute atomic E-state index is 12.9. The zero-order valence-electron chi connectivity index (χ0n) is 33.3. The standard InChI is InChI=1S/C44H47N9O5/c1-26-22-30(8-15-35(26)27(2)46-41(55)40-48-42(58-51-40)44(3,4)5)38-36-23-31(24-45-39(36)50-49-38)29-6-9-32(10-7-29)52-19-16-28(17-20-52)25-57-34-13-11-33(12-14-34)53-21-18-37(54)47-43(53)56/h6-15,22-24,27-28H,16-21,25H2,1-5H3,(H,46,55)(H,45,49,50)(H,47,54,56)/t27-/m1/s1. The fourth-order valence-corrected chi connectivity index (χ4v) is 7.52. The minimum atomic E-state index is -0.391. The van der Waals surface area contributed by atoms with Crippen LogP contribution in [0.3, 0.4) is 0 Å². The number of aromatic nitrogens is 5. The van der Waals surface area contributed by atoms with Crippen molar-refractivity contribution in [2.45, 2.75) is 65.3 Å². The van der Waals surface area contributed by atoms with E-state index in [9.17, 15) is 14.4 Å². The fourth-order valence-electron chi connectivity index (χ4n) is 7.52. The molecule has 5 heterocycles. The molecule has 3 aromatic heterocycles. The molecular weight excluding hydrogens is 735 g/mol. The van der Waals surface area contributed by atoms with Crippen LogP contribution in [0.1, 0.15) is 80.6 Å². The maximum atomic E-state index is 12.9. The summed E-state index contributed by atoms with van der Waals surface area (Å²) in [6.45, 7) is 12.7. The van der Waals surface area contributed by atoms with Gasteiger partial charge in [0.1, 0.15) is 11.4 Å². The van der Waals surface area contributed by atoms with Crippen molar-refractivity contribution in [3.63, 3.8) is 0 Å². The highest BCUT2D eigenvalue weighted by Crippen LogP contribution is 2.33. The molecule has 2 fully saturated rings. The normalized spacial score (nSPS) is 15.7. The maximum Gasteiger partial charge on any atom is 0.328 e. The number of fused-ring (bicyclic) bond motifs is 1. The molecule has 0 unspecified atom stereocenters. The summed E-state index contributed by atoms with van der Waals surface area (Å²) < 4.78 is 11.4. The zero-order chi connectivity index (χ0) is 40.6. The van der Waals surface area contributed by atoms with Gasteiger partial charge in [0.2, 0.25) is 11.8 Å². The van der Waals surface area contributed by atoms with Crippen LogP contribution in [-0.4, -0.2) is 69.4 Å². The van der Waals surface area contributed by atoms with E-state index >= 15 is 0 Å². The molecule has 0 spiro atoms. The van der Waals surface area contributed by atoms with Crippen molar-refractivity contribution in [2.75, 3.05) is 36.0 Å². The van der Waals surface area contributed by atoms with E-state index in [-0.39, 0.29) is 29.1 Å². The van der Waals surface area contributed by atoms with E-state index in [1.165, 1.54) is 5.69 Å². The first-order valence-electron chi connectivity index (χ1n) is 19.7. The lowest BCUT2D eigenvalue weighted by Gasteiger charge is -2.33. The molecule has 0 saturated carbocycles. The number of rotatable bonds is 10. The topological polar surface area (TPSA) is 171 Å². The third-order valence-electron chi connectivity index (χ3n) is 10.9. The van der Waals surface area contributed by atoms with Gasteiger partial charge in [0.25, 0.3) is 11.7 Å². The van der Waals surface area contributed by atoms with Crippen LogP contribution in [0.5, 0.6) is 5.75 Å². The Morgan fingerprint density at radius 3 is 2.36 bits per heavy atom. The van der Waals surface area contributed by atoms with E-state index in [4.69, 9.17) is 14.2 Å². The summed E-state index contributed by atoms with van der Waals surface area (Å²) >= 11 is 0. The Bertz CT molecular complexity index is 2460. The third-order valence-corrected chi connectivity index (χ3v) is 10.9. The summed E-state index contributed by atoms with van der Waals surface area (Å²) in [5.74, 6) is 1.01. The van der Waals surface area contributed by atoms with Crippen molar-refractivity contribution >= 4 is 40.3 Å². The van der Waals surface area contributed by atoms with E-state index < -0.39 is 6.03 Å². The number of anilines is 2. The Labute approximate surface area is 336 Å². The molecule has 58 heavy (non-hydrogen) atoms. The SMILES string of the molecule is Cc1cc(-c2n[nH]c3ncc(-c4ccc(N5CCC(COc6ccc(N7CCC(=O)NC7=O)cc6)CC5)cc4)cc23)ccc1[C@@H](C)NC(=O)c1noc(C(C)(C)C)n1. The number of hydrogen-bond acceptors (Lipinski definition) is 10. The van der Waals surface area contributed by atoms with Crippen LogP contribution in [0, 0.1) is 12.8 Å². The van der Waals surface area contributed by atoms with E-state index in [0.29, 0.717) is 37.0 Å². The fraction of sp³-hybridized carbons (Fsp3) is 0.341. The first-order valence-corrected chi connectivity index (χ1v) is 19.7. The second-order valence-electron chi connectivity index (χ2n) is 16.2. The second-order valence-corrected chi connectivity index (χ2v) is 16.2. The summed E-state index contributed by atoms with van der Waals surface area (Å²) in [5, 5.41) is 17.9. The average molecular weight is 782 g/mol. The number of nitrogens with zero attached hydrogens (tertiary/aromatic N) is 6. The van der Waals surface area contributed by atoms with E-state index in [0.717, 1.165) is 76.3 Å². The number of urea groups is 1. The van der Waals surface area contributed by atoms with Crippen molar-refractivity contribution in [2.24, 2.45) is 5.92 Å². The molecule has 2 saturated heterocycles. The lowest BCUT2D eigenvalue weighted by molar-refractivity contribution is -0.120. The molecule has 0 bridgehead atoms. The quantitative estimate of drug-likeness (QED) is 0.126. The van der Waals surface area contributed by atoms with Crippen LogP contribution in [0.15, 0.2) is 83.5 Å². The lowest BCUT2D eigenvalue weighted by Crippen LogP contribution is -2.49. The van der Waals surface area contributed by atoms with Crippen molar-refractivity contribution < 1.29 is 23.6 Å². The van der Waals surface area contributed by atoms with Gasteiger partial charge in [-0.25, -0.2) is 9.78 Å². The van der Waals surface area contributed by atoms with Gasteiger partial charge in [-0.2, -0.15) is 10.1 Å². The number of H-pyrrole nitrogens is 1. The molecule has 14 nitrogen and oxygen atoms in total. The molecule has 2 aliphatic heterocycles. The van der Waals surface area contributed by atoms with Gasteiger partial charge in [-0.05, 0) is 97.8 Å². The molecular formula is C44H47N9O5. The molecule has 1 atom stereocenters. The van der Waals surface area contributed by atoms with Crippen LogP contribution in [-0.2, 0) is 10.2 Å². The van der Waals surface area contributed by atoms with Crippen molar-refractivity contribution in [3.05, 3.63) is 102 Å². The molecule has 6 aromatic rings. The first kappa shape index (κ1) is 38.3. The Hall–Kier alpha value is -6.57. The van der Waals surface area contributed by atoms with Gasteiger partial charge >= 0.3 is 6.03 Å². The second kappa shape index (κ2) is 15.8. The third kappa shape index (κ3) is 8.13. The summed E-state index contributed by atoms with van der Waals surface area (Å²) in [7, 11) is 0. The predicted octanol–water partition coefficient (Wildman–Crippen LogP) is 7.51. The van der Waals surface area contributed by atoms with Crippen LogP contribution in [0.4, 0.5) is 16.2 Å². The summed E-state index contributed by atoms with van der Waals surface area (Å²) in [4.78, 5) is 49.5.